The maximum atomic E-state index is 11.4. The van der Waals surface area contributed by atoms with Gasteiger partial charge in [0.05, 0.1) is 28.9 Å². The zero-order valence-electron chi connectivity index (χ0n) is 8.12. The Kier molecular flexibility index (Phi) is 5.56. The van der Waals surface area contributed by atoms with Gasteiger partial charge in [0.1, 0.15) is 0 Å². The third-order valence-electron chi connectivity index (χ3n) is 1.60. The summed E-state index contributed by atoms with van der Waals surface area (Å²) >= 11 is -1.37. The quantitative estimate of drug-likeness (QED) is 0.684. The van der Waals surface area contributed by atoms with Gasteiger partial charge in [-0.15, -0.1) is 11.3 Å². The van der Waals surface area contributed by atoms with Crippen molar-refractivity contribution in [1.82, 2.24) is 5.32 Å². The van der Waals surface area contributed by atoms with Gasteiger partial charge < -0.3 is 15.0 Å². The molecule has 1 heterocycles. The molecule has 0 aliphatic rings. The van der Waals surface area contributed by atoms with Crippen LogP contribution >= 0.6 is 11.3 Å². The van der Waals surface area contributed by atoms with Crippen LogP contribution in [0.1, 0.15) is 9.67 Å². The molecule has 0 fully saturated rings. The first-order valence-electron chi connectivity index (χ1n) is 4.32. The second-order valence-corrected chi connectivity index (χ2v) is 4.42. The molecule has 0 saturated carbocycles. The summed E-state index contributed by atoms with van der Waals surface area (Å²) < 4.78 is 24.2. The molecule has 0 aliphatic heterocycles. The molecule has 6 nitrogen and oxygen atoms in total. The van der Waals surface area contributed by atoms with Crippen LogP contribution in [0.15, 0.2) is 17.5 Å². The van der Waals surface area contributed by atoms with Gasteiger partial charge in [0.2, 0.25) is 0 Å². The van der Waals surface area contributed by atoms with Crippen molar-refractivity contribution in [3.8, 4) is 0 Å². The Morgan fingerprint density at radius 2 is 2.50 bits per heavy atom. The summed E-state index contributed by atoms with van der Waals surface area (Å²) in [7, 11) is 0. The third-order valence-corrected chi connectivity index (χ3v) is 2.80. The molecule has 0 radical (unpaired) electrons. The first-order chi connectivity index (χ1) is 7.59. The molecule has 0 spiro atoms. The maximum absolute atomic E-state index is 11.4. The van der Waals surface area contributed by atoms with Gasteiger partial charge in [0.15, 0.2) is 0 Å². The molecule has 1 aromatic heterocycles. The molecule has 0 aromatic carbocycles. The number of nitrogens with one attached hydrogen (secondary N) is 1. The van der Waals surface area contributed by atoms with Crippen molar-refractivity contribution in [2.45, 2.75) is 6.10 Å². The van der Waals surface area contributed by atoms with Crippen LogP contribution in [0, 0.1) is 0 Å². The number of hydrogen-bond donors (Lipinski definition) is 2. The topological polar surface area (TPSA) is 98.7 Å². The summed E-state index contributed by atoms with van der Waals surface area (Å²) in [6, 6.07) is 3.38. The highest BCUT2D eigenvalue weighted by molar-refractivity contribution is 7.74. The lowest BCUT2D eigenvalue weighted by Crippen LogP contribution is -2.34. The minimum atomic E-state index is -2.65. The zero-order chi connectivity index (χ0) is 12.0. The molecule has 16 heavy (non-hydrogen) atoms. The van der Waals surface area contributed by atoms with Gasteiger partial charge in [0, 0.05) is 6.54 Å². The summed E-state index contributed by atoms with van der Waals surface area (Å²) in [6.07, 6.45) is -1.05. The van der Waals surface area contributed by atoms with Gasteiger partial charge in [-0.2, -0.15) is 0 Å². The summed E-state index contributed by atoms with van der Waals surface area (Å²) in [6.45, 7) is -0.436. The van der Waals surface area contributed by atoms with Crippen LogP contribution < -0.4 is 5.32 Å². The first kappa shape index (κ1) is 13.3. The second-order valence-electron chi connectivity index (χ2n) is 2.83. The largest absolute Gasteiger partial charge is 0.750 e. The van der Waals surface area contributed by atoms with Crippen molar-refractivity contribution in [3.05, 3.63) is 22.4 Å². The number of hydrogen-bond acceptors (Lipinski definition) is 6. The van der Waals surface area contributed by atoms with Crippen LogP contribution in [0.25, 0.3) is 0 Å². The SMILES string of the molecule is O=C(NCC(O)COS(=O)[O-])c1cccs1. The van der Waals surface area contributed by atoms with Crippen molar-refractivity contribution in [1.29, 1.82) is 0 Å². The van der Waals surface area contributed by atoms with Crippen molar-refractivity contribution in [3.63, 3.8) is 0 Å². The van der Waals surface area contributed by atoms with Gasteiger partial charge in [-0.25, -0.2) is 4.21 Å². The van der Waals surface area contributed by atoms with E-state index in [1.807, 2.05) is 0 Å². The molecule has 1 amide bonds. The Hall–Kier alpha value is -0.800. The lowest BCUT2D eigenvalue weighted by molar-refractivity contribution is 0.0852. The first-order valence-corrected chi connectivity index (χ1v) is 6.20. The minimum absolute atomic E-state index is 0.0616. The number of thiophene rings is 1. The molecule has 2 N–H and O–H groups in total. The van der Waals surface area contributed by atoms with Crippen LogP contribution in [-0.2, 0) is 15.5 Å². The van der Waals surface area contributed by atoms with Crippen LogP contribution in [0.3, 0.4) is 0 Å². The lowest BCUT2D eigenvalue weighted by Gasteiger charge is -2.12. The standard InChI is InChI=1S/C8H11NO5S2/c10-6(5-14-16(12)13)4-9-8(11)7-2-1-3-15-7/h1-3,6,10H,4-5H2,(H,9,11)(H,12,13)/p-1. The number of amides is 1. The fourth-order valence-electron chi connectivity index (χ4n) is 0.898. The van der Waals surface area contributed by atoms with Gasteiger partial charge in [-0.3, -0.25) is 8.98 Å². The fraction of sp³-hybridized carbons (Fsp3) is 0.375. The molecule has 1 aromatic rings. The number of carbonyl (C=O) groups is 1. The van der Waals surface area contributed by atoms with E-state index < -0.39 is 17.5 Å². The van der Waals surface area contributed by atoms with Crippen LogP contribution in [0.5, 0.6) is 0 Å². The number of aliphatic hydroxyl groups excluding tert-OH is 1. The predicted octanol–water partition coefficient (Wildman–Crippen LogP) is -0.350. The molecule has 2 unspecified atom stereocenters. The van der Waals surface area contributed by atoms with Crippen molar-refractivity contribution < 1.29 is 22.8 Å². The van der Waals surface area contributed by atoms with Crippen molar-refractivity contribution in [2.75, 3.05) is 13.2 Å². The summed E-state index contributed by atoms with van der Waals surface area (Å²) in [5.41, 5.74) is 0. The highest BCUT2D eigenvalue weighted by Crippen LogP contribution is 2.07. The summed E-state index contributed by atoms with van der Waals surface area (Å²) in [5.74, 6) is -0.308. The van der Waals surface area contributed by atoms with Crippen LogP contribution in [0.2, 0.25) is 0 Å². The molecular formula is C8H10NO5S2-. The molecule has 2 atom stereocenters. The highest BCUT2D eigenvalue weighted by atomic mass is 32.2. The van der Waals surface area contributed by atoms with Gasteiger partial charge >= 0.3 is 0 Å². The molecule has 8 heteroatoms. The van der Waals surface area contributed by atoms with E-state index in [-0.39, 0.29) is 19.1 Å². The fourth-order valence-corrected chi connectivity index (χ4v) is 1.81. The minimum Gasteiger partial charge on any atom is -0.750 e. The highest BCUT2D eigenvalue weighted by Gasteiger charge is 2.09. The number of aliphatic hydroxyl groups is 1. The van der Waals surface area contributed by atoms with Crippen LogP contribution in [-0.4, -0.2) is 39.0 Å². The van der Waals surface area contributed by atoms with Gasteiger partial charge in [-0.05, 0) is 11.4 Å². The Balaban J connectivity index is 2.24. The van der Waals surface area contributed by atoms with E-state index in [0.29, 0.717) is 4.88 Å². The molecule has 90 valence electrons. The monoisotopic (exact) mass is 264 g/mol. The van der Waals surface area contributed by atoms with E-state index in [9.17, 15) is 18.7 Å². The smallest absolute Gasteiger partial charge is 0.261 e. The van der Waals surface area contributed by atoms with Crippen molar-refractivity contribution in [2.24, 2.45) is 0 Å². The Morgan fingerprint density at radius 3 is 3.06 bits per heavy atom. The van der Waals surface area contributed by atoms with E-state index >= 15 is 0 Å². The average Bonchev–Trinajstić information content (AvgIpc) is 2.76. The lowest BCUT2D eigenvalue weighted by atomic mass is 10.3. The summed E-state index contributed by atoms with van der Waals surface area (Å²) in [4.78, 5) is 11.9. The van der Waals surface area contributed by atoms with E-state index in [1.54, 1.807) is 17.5 Å². The number of rotatable bonds is 6. The van der Waals surface area contributed by atoms with Gasteiger partial charge in [0.25, 0.3) is 5.91 Å². The second kappa shape index (κ2) is 6.71. The van der Waals surface area contributed by atoms with E-state index in [4.69, 9.17) is 0 Å². The van der Waals surface area contributed by atoms with E-state index in [2.05, 4.69) is 9.50 Å². The molecule has 1 rings (SSSR count). The van der Waals surface area contributed by atoms with Crippen molar-refractivity contribution >= 4 is 28.6 Å². The third kappa shape index (κ3) is 4.81. The summed E-state index contributed by atoms with van der Waals surface area (Å²) in [5, 5.41) is 13.4. The number of carbonyl (C=O) groups excluding carboxylic acids is 1. The maximum Gasteiger partial charge on any atom is 0.261 e. The molecule has 0 saturated heterocycles. The molecule has 0 aliphatic carbocycles. The molecular weight excluding hydrogens is 254 g/mol. The van der Waals surface area contributed by atoms with E-state index in [0.717, 1.165) is 0 Å². The van der Waals surface area contributed by atoms with Crippen LogP contribution in [0.4, 0.5) is 0 Å². The normalized spacial score (nSPS) is 14.4. The predicted molar refractivity (Wildman–Crippen MR) is 57.5 cm³/mol. The molecule has 0 bridgehead atoms. The average molecular weight is 264 g/mol. The Labute approximate surface area is 98.7 Å². The zero-order valence-corrected chi connectivity index (χ0v) is 9.75. The van der Waals surface area contributed by atoms with Gasteiger partial charge in [-0.1, -0.05) is 6.07 Å². The van der Waals surface area contributed by atoms with E-state index in [1.165, 1.54) is 11.3 Å². The Bertz CT molecular complexity index is 353. The Morgan fingerprint density at radius 1 is 1.75 bits per heavy atom.